The molecule has 4 atom stereocenters. The van der Waals surface area contributed by atoms with Crippen molar-refractivity contribution in [1.82, 2.24) is 5.32 Å². The third-order valence-corrected chi connectivity index (χ3v) is 6.59. The number of carbonyl (C=O) groups is 1. The lowest BCUT2D eigenvalue weighted by Crippen LogP contribution is -2.53. The molecule has 0 bridgehead atoms. The Morgan fingerprint density at radius 2 is 1.90 bits per heavy atom. The third kappa shape index (κ3) is 7.01. The van der Waals surface area contributed by atoms with Crippen molar-refractivity contribution in [3.8, 4) is 0 Å². The molecular weight excluding hydrogens is 394 g/mol. The highest BCUT2D eigenvalue weighted by Gasteiger charge is 2.60. The Balaban J connectivity index is 1.42. The van der Waals surface area contributed by atoms with Gasteiger partial charge in [0.05, 0.1) is 18.3 Å². The first-order valence-corrected chi connectivity index (χ1v) is 11.6. The lowest BCUT2D eigenvalue weighted by molar-refractivity contribution is -0.171. The van der Waals surface area contributed by atoms with Gasteiger partial charge in [0.15, 0.2) is 0 Å². The van der Waals surface area contributed by atoms with Gasteiger partial charge in [-0.1, -0.05) is 29.9 Å². The number of carbonyl (C=O) groups excluding carboxylic acids is 1. The van der Waals surface area contributed by atoms with Gasteiger partial charge in [0.25, 0.3) is 0 Å². The van der Waals surface area contributed by atoms with Gasteiger partial charge in [-0.2, -0.15) is 0 Å². The molecular formula is C25H39NO5. The number of epoxide rings is 1. The molecule has 0 unspecified atom stereocenters. The Kier molecular flexibility index (Phi) is 7.79. The van der Waals surface area contributed by atoms with Crippen LogP contribution in [-0.2, 0) is 14.3 Å². The number of nitrogens with one attached hydrogen (secondary N) is 1. The summed E-state index contributed by atoms with van der Waals surface area (Å²) in [6, 6.07) is 0.220. The summed E-state index contributed by atoms with van der Waals surface area (Å²) in [5.74, 6) is 0.502. The highest BCUT2D eigenvalue weighted by Crippen LogP contribution is 2.46. The first-order valence-electron chi connectivity index (χ1n) is 11.6. The van der Waals surface area contributed by atoms with E-state index >= 15 is 0 Å². The summed E-state index contributed by atoms with van der Waals surface area (Å²) >= 11 is 0. The van der Waals surface area contributed by atoms with Gasteiger partial charge in [-0.15, -0.1) is 0 Å². The molecule has 0 aromatic carbocycles. The number of rotatable bonds is 7. The van der Waals surface area contributed by atoms with Crippen LogP contribution in [0.2, 0.25) is 0 Å². The molecule has 1 aliphatic carbocycles. The minimum Gasteiger partial charge on any atom is -0.389 e. The first-order chi connectivity index (χ1) is 14.6. The molecule has 1 spiro atoms. The number of ether oxygens (including phenoxy) is 2. The standard InChI is InChI=1S/C25H39NO5/c1-17(6-13-21-23(29)25(16-30-25)15-24(3,4)31-21)5-8-19-9-11-20(12-10-19)26-22(28)14-7-18(2)27/h5-7,13-14,18-21,23,27,29H,8-12,15-16H2,1-4H3,(H,26,28)/b13-6+,14-7-,17-5+/t18-,19?,20?,21+,23+,25+/m0/s1. The Bertz CT molecular complexity index is 711. The number of hydrogen-bond donors (Lipinski definition) is 3. The average Bonchev–Trinajstić information content (AvgIpc) is 3.47. The fourth-order valence-corrected chi connectivity index (χ4v) is 4.79. The van der Waals surface area contributed by atoms with Crippen LogP contribution in [0.3, 0.4) is 0 Å². The molecule has 2 aliphatic heterocycles. The van der Waals surface area contributed by atoms with Gasteiger partial charge in [-0.25, -0.2) is 0 Å². The van der Waals surface area contributed by atoms with Gasteiger partial charge in [-0.3, -0.25) is 4.79 Å². The van der Waals surface area contributed by atoms with E-state index in [9.17, 15) is 15.0 Å². The minimum atomic E-state index is -0.620. The van der Waals surface area contributed by atoms with Gasteiger partial charge in [0.1, 0.15) is 17.8 Å². The summed E-state index contributed by atoms with van der Waals surface area (Å²) in [5, 5.41) is 22.9. The molecule has 3 aliphatic rings. The second kappa shape index (κ2) is 9.99. The SMILES string of the molecule is CC(/C=C/[C@H]1OC(C)(C)C[C@@]2(CO2)[C@@H]1O)=C\CC1CCC(NC(=O)/C=C\[C@H](C)O)CC1. The van der Waals surface area contributed by atoms with Gasteiger partial charge in [-0.05, 0) is 65.7 Å². The van der Waals surface area contributed by atoms with E-state index in [2.05, 4.69) is 18.3 Å². The maximum absolute atomic E-state index is 11.9. The predicted octanol–water partition coefficient (Wildman–Crippen LogP) is 3.19. The van der Waals surface area contributed by atoms with E-state index in [1.54, 1.807) is 6.92 Å². The third-order valence-electron chi connectivity index (χ3n) is 6.59. The first kappa shape index (κ1) is 24.2. The lowest BCUT2D eigenvalue weighted by Gasteiger charge is -2.41. The monoisotopic (exact) mass is 433 g/mol. The van der Waals surface area contributed by atoms with E-state index in [1.165, 1.54) is 17.7 Å². The summed E-state index contributed by atoms with van der Waals surface area (Å²) < 4.78 is 11.7. The van der Waals surface area contributed by atoms with Crippen LogP contribution in [0.5, 0.6) is 0 Å². The maximum Gasteiger partial charge on any atom is 0.243 e. The van der Waals surface area contributed by atoms with E-state index in [0.29, 0.717) is 12.5 Å². The van der Waals surface area contributed by atoms with Crippen molar-refractivity contribution in [3.05, 3.63) is 36.0 Å². The van der Waals surface area contributed by atoms with Crippen LogP contribution in [0.1, 0.15) is 66.2 Å². The molecule has 0 aromatic heterocycles. The fourth-order valence-electron chi connectivity index (χ4n) is 4.79. The zero-order chi connectivity index (χ0) is 22.6. The van der Waals surface area contributed by atoms with Crippen LogP contribution < -0.4 is 5.32 Å². The summed E-state index contributed by atoms with van der Waals surface area (Å²) in [6.45, 7) is 8.42. The van der Waals surface area contributed by atoms with Crippen LogP contribution in [0.25, 0.3) is 0 Å². The van der Waals surface area contributed by atoms with Crippen LogP contribution in [0.15, 0.2) is 36.0 Å². The van der Waals surface area contributed by atoms with Crippen LogP contribution in [0, 0.1) is 5.92 Å². The number of aliphatic hydroxyl groups is 2. The van der Waals surface area contributed by atoms with E-state index in [4.69, 9.17) is 9.47 Å². The molecule has 2 heterocycles. The van der Waals surface area contributed by atoms with Gasteiger partial charge < -0.3 is 25.0 Å². The molecule has 1 amide bonds. The van der Waals surface area contributed by atoms with Gasteiger partial charge in [0, 0.05) is 18.5 Å². The summed E-state index contributed by atoms with van der Waals surface area (Å²) in [5.41, 5.74) is 0.445. The van der Waals surface area contributed by atoms with Crippen molar-refractivity contribution < 1.29 is 24.5 Å². The molecule has 2 saturated heterocycles. The fraction of sp³-hybridized carbons (Fsp3) is 0.720. The zero-order valence-electron chi connectivity index (χ0n) is 19.3. The van der Waals surface area contributed by atoms with Crippen LogP contribution in [0.4, 0.5) is 0 Å². The second-order valence-electron chi connectivity index (χ2n) is 10.2. The largest absolute Gasteiger partial charge is 0.389 e. The average molecular weight is 434 g/mol. The Hall–Kier alpha value is -1.47. The summed E-state index contributed by atoms with van der Waals surface area (Å²) in [4.78, 5) is 11.9. The van der Waals surface area contributed by atoms with E-state index in [1.807, 2.05) is 26.0 Å². The number of aliphatic hydroxyl groups excluding tert-OH is 2. The van der Waals surface area contributed by atoms with Crippen molar-refractivity contribution in [2.45, 2.75) is 102 Å². The van der Waals surface area contributed by atoms with Gasteiger partial charge >= 0.3 is 0 Å². The van der Waals surface area contributed by atoms with Crippen molar-refractivity contribution in [3.63, 3.8) is 0 Å². The molecule has 1 saturated carbocycles. The molecule has 0 radical (unpaired) electrons. The summed E-state index contributed by atoms with van der Waals surface area (Å²) in [7, 11) is 0. The second-order valence-corrected chi connectivity index (χ2v) is 10.2. The number of amides is 1. The van der Waals surface area contributed by atoms with Crippen molar-refractivity contribution in [2.75, 3.05) is 6.61 Å². The predicted molar refractivity (Wildman–Crippen MR) is 120 cm³/mol. The summed E-state index contributed by atoms with van der Waals surface area (Å²) in [6.07, 6.45) is 13.5. The van der Waals surface area contributed by atoms with E-state index < -0.39 is 17.8 Å². The zero-order valence-corrected chi connectivity index (χ0v) is 19.3. The highest BCUT2D eigenvalue weighted by atomic mass is 16.6. The maximum atomic E-state index is 11.9. The smallest absolute Gasteiger partial charge is 0.243 e. The van der Waals surface area contributed by atoms with E-state index in [-0.39, 0.29) is 23.7 Å². The van der Waals surface area contributed by atoms with Crippen LogP contribution in [-0.4, -0.2) is 58.3 Å². The lowest BCUT2D eigenvalue weighted by atomic mass is 9.83. The Morgan fingerprint density at radius 3 is 2.52 bits per heavy atom. The Morgan fingerprint density at radius 1 is 1.23 bits per heavy atom. The molecule has 6 heteroatoms. The molecule has 174 valence electrons. The molecule has 3 fully saturated rings. The van der Waals surface area contributed by atoms with Crippen molar-refractivity contribution in [1.29, 1.82) is 0 Å². The Labute approximate surface area is 186 Å². The van der Waals surface area contributed by atoms with Crippen molar-refractivity contribution >= 4 is 5.91 Å². The molecule has 6 nitrogen and oxygen atoms in total. The normalized spacial score (nSPS) is 36.8. The molecule has 0 aromatic rings. The van der Waals surface area contributed by atoms with Gasteiger partial charge in [0.2, 0.25) is 5.91 Å². The van der Waals surface area contributed by atoms with Crippen LogP contribution >= 0.6 is 0 Å². The quantitative estimate of drug-likeness (QED) is 0.326. The molecule has 3 rings (SSSR count). The number of hydrogen-bond acceptors (Lipinski definition) is 5. The molecule has 31 heavy (non-hydrogen) atoms. The molecule has 3 N–H and O–H groups in total. The van der Waals surface area contributed by atoms with E-state index in [0.717, 1.165) is 38.5 Å². The topological polar surface area (TPSA) is 91.3 Å². The van der Waals surface area contributed by atoms with Crippen molar-refractivity contribution in [2.24, 2.45) is 5.92 Å². The minimum absolute atomic E-state index is 0.126. The number of allylic oxidation sites excluding steroid dienone is 3. The highest BCUT2D eigenvalue weighted by molar-refractivity contribution is 5.87.